The van der Waals surface area contributed by atoms with Crippen LogP contribution in [0.15, 0.2) is 12.3 Å². The number of carbonyl (C=O) groups is 1. The Hall–Kier alpha value is -0.710. The van der Waals surface area contributed by atoms with Crippen LogP contribution < -0.4 is 0 Å². The third kappa shape index (κ3) is 1.31. The average Bonchev–Trinajstić information content (AvgIpc) is 2.51. The Kier molecular flexibility index (Phi) is 1.98. The second kappa shape index (κ2) is 2.90. The van der Waals surface area contributed by atoms with Crippen molar-refractivity contribution < 1.29 is 9.90 Å². The van der Waals surface area contributed by atoms with Crippen LogP contribution in [0.4, 0.5) is 4.79 Å². The van der Waals surface area contributed by atoms with Gasteiger partial charge in [0, 0.05) is 11.6 Å². The van der Waals surface area contributed by atoms with Gasteiger partial charge in [-0.1, -0.05) is 23.2 Å². The van der Waals surface area contributed by atoms with Crippen molar-refractivity contribution in [1.29, 1.82) is 0 Å². The first-order valence-electron chi connectivity index (χ1n) is 3.29. The Bertz CT molecular complexity index is 488. The molecule has 0 atom stereocenters. The van der Waals surface area contributed by atoms with Crippen molar-refractivity contribution in [3.63, 3.8) is 0 Å². The maximum absolute atomic E-state index is 10.7. The number of rotatable bonds is 0. The van der Waals surface area contributed by atoms with E-state index in [0.29, 0.717) is 19.6 Å². The second-order valence-corrected chi connectivity index (χ2v) is 4.47. The fraction of sp³-hybridized carbons (Fsp3) is 0. The highest BCUT2D eigenvalue weighted by Crippen LogP contribution is 2.35. The first-order chi connectivity index (χ1) is 6.09. The Morgan fingerprint density at radius 2 is 2.23 bits per heavy atom. The smallest absolute Gasteiger partial charge is 0.416 e. The van der Waals surface area contributed by atoms with Crippen molar-refractivity contribution in [3.05, 3.63) is 21.6 Å². The molecule has 2 rings (SSSR count). The Morgan fingerprint density at radius 3 is 2.85 bits per heavy atom. The minimum Gasteiger partial charge on any atom is -0.464 e. The molecule has 2 aromatic rings. The highest BCUT2D eigenvalue weighted by molar-refractivity contribution is 7.22. The van der Waals surface area contributed by atoms with Crippen molar-refractivity contribution in [2.45, 2.75) is 0 Å². The van der Waals surface area contributed by atoms with Gasteiger partial charge >= 0.3 is 6.09 Å². The number of hydrogen-bond acceptors (Lipinski definition) is 2. The number of aromatic nitrogens is 1. The predicted octanol–water partition coefficient (Wildman–Crippen LogP) is 3.54. The molecule has 6 heteroatoms. The molecule has 0 aliphatic rings. The molecular formula is C7H3Cl2NO2S. The van der Waals surface area contributed by atoms with Crippen LogP contribution in [0.2, 0.25) is 9.36 Å². The van der Waals surface area contributed by atoms with Gasteiger partial charge in [-0.25, -0.2) is 9.36 Å². The molecule has 0 aliphatic heterocycles. The number of nitrogens with zero attached hydrogens (tertiary/aromatic N) is 1. The van der Waals surface area contributed by atoms with Crippen LogP contribution in [0.25, 0.3) is 10.2 Å². The molecule has 2 heterocycles. The minimum absolute atomic E-state index is 0.403. The standard InChI is InChI=1S/C7H3Cl2NO2S/c8-4-2-10(7(11)12)6-3(4)1-5(9)13-6/h1-2H,(H,11,12). The van der Waals surface area contributed by atoms with E-state index in [4.69, 9.17) is 28.3 Å². The van der Waals surface area contributed by atoms with Gasteiger partial charge in [0.25, 0.3) is 0 Å². The zero-order chi connectivity index (χ0) is 9.59. The number of fused-ring (bicyclic) bond motifs is 1. The van der Waals surface area contributed by atoms with Gasteiger partial charge in [0.1, 0.15) is 4.83 Å². The van der Waals surface area contributed by atoms with Crippen LogP contribution in [0.5, 0.6) is 0 Å². The minimum atomic E-state index is -1.06. The number of thiophene rings is 1. The SMILES string of the molecule is O=C(O)n1cc(Cl)c2cc(Cl)sc21. The lowest BCUT2D eigenvalue weighted by atomic mass is 10.4. The summed E-state index contributed by atoms with van der Waals surface area (Å²) < 4.78 is 1.59. The molecule has 0 saturated carbocycles. The third-order valence-corrected chi connectivity index (χ3v) is 3.17. The maximum Gasteiger partial charge on any atom is 0.416 e. The normalized spacial score (nSPS) is 10.9. The van der Waals surface area contributed by atoms with Crippen molar-refractivity contribution in [2.75, 3.05) is 0 Å². The molecule has 2 aromatic heterocycles. The fourth-order valence-electron chi connectivity index (χ4n) is 1.09. The molecular weight excluding hydrogens is 233 g/mol. The second-order valence-electron chi connectivity index (χ2n) is 2.40. The molecule has 0 aliphatic carbocycles. The molecule has 0 spiro atoms. The fourth-order valence-corrected chi connectivity index (χ4v) is 2.58. The van der Waals surface area contributed by atoms with Gasteiger partial charge in [0.15, 0.2) is 0 Å². The average molecular weight is 236 g/mol. The molecule has 0 bridgehead atoms. The molecule has 0 aromatic carbocycles. The van der Waals surface area contributed by atoms with Crippen molar-refractivity contribution in [2.24, 2.45) is 0 Å². The third-order valence-electron chi connectivity index (χ3n) is 1.61. The van der Waals surface area contributed by atoms with E-state index >= 15 is 0 Å². The molecule has 3 nitrogen and oxygen atoms in total. The van der Waals surface area contributed by atoms with Gasteiger partial charge in [-0.2, -0.15) is 0 Å². The van der Waals surface area contributed by atoms with Crippen molar-refractivity contribution in [1.82, 2.24) is 4.57 Å². The van der Waals surface area contributed by atoms with Gasteiger partial charge in [-0.05, 0) is 6.07 Å². The number of halogens is 2. The van der Waals surface area contributed by atoms with E-state index in [1.165, 1.54) is 17.5 Å². The Labute approximate surface area is 87.1 Å². The van der Waals surface area contributed by atoms with Crippen LogP contribution in [0.1, 0.15) is 0 Å². The van der Waals surface area contributed by atoms with Crippen LogP contribution in [-0.2, 0) is 0 Å². The van der Waals surface area contributed by atoms with E-state index in [0.717, 1.165) is 4.57 Å². The summed E-state index contributed by atoms with van der Waals surface area (Å²) in [5, 5.41) is 9.86. The van der Waals surface area contributed by atoms with Crippen molar-refractivity contribution >= 4 is 50.8 Å². The number of carboxylic acid groups (broad SMARTS) is 1. The lowest BCUT2D eigenvalue weighted by Crippen LogP contribution is -2.04. The summed E-state index contributed by atoms with van der Waals surface area (Å²) >= 11 is 12.7. The monoisotopic (exact) mass is 235 g/mol. The molecule has 0 amide bonds. The van der Waals surface area contributed by atoms with Crippen molar-refractivity contribution in [3.8, 4) is 0 Å². The molecule has 0 fully saturated rings. The van der Waals surface area contributed by atoms with E-state index in [9.17, 15) is 4.79 Å². The van der Waals surface area contributed by atoms with Gasteiger partial charge in [-0.3, -0.25) is 0 Å². The first-order valence-corrected chi connectivity index (χ1v) is 4.86. The van der Waals surface area contributed by atoms with E-state index in [1.54, 1.807) is 6.07 Å². The van der Waals surface area contributed by atoms with E-state index in [-0.39, 0.29) is 0 Å². The lowest BCUT2D eigenvalue weighted by Gasteiger charge is -1.91. The maximum atomic E-state index is 10.7. The summed E-state index contributed by atoms with van der Waals surface area (Å²) in [6.45, 7) is 0. The summed E-state index contributed by atoms with van der Waals surface area (Å²) in [6.07, 6.45) is 0.303. The highest BCUT2D eigenvalue weighted by atomic mass is 35.5. The summed E-state index contributed by atoms with van der Waals surface area (Å²) in [5.41, 5.74) is 0. The molecule has 0 radical (unpaired) electrons. The summed E-state index contributed by atoms with van der Waals surface area (Å²) in [4.78, 5) is 11.3. The van der Waals surface area contributed by atoms with E-state index in [2.05, 4.69) is 0 Å². The van der Waals surface area contributed by atoms with Crippen LogP contribution in [0, 0.1) is 0 Å². The zero-order valence-electron chi connectivity index (χ0n) is 6.12. The van der Waals surface area contributed by atoms with Gasteiger partial charge < -0.3 is 5.11 Å². The van der Waals surface area contributed by atoms with E-state index < -0.39 is 6.09 Å². The van der Waals surface area contributed by atoms with Crippen LogP contribution in [-0.4, -0.2) is 15.8 Å². The summed E-state index contributed by atoms with van der Waals surface area (Å²) in [6, 6.07) is 1.66. The first kappa shape index (κ1) is 8.87. The van der Waals surface area contributed by atoms with Crippen LogP contribution in [0.3, 0.4) is 0 Å². The van der Waals surface area contributed by atoms with E-state index in [1.807, 2.05) is 0 Å². The zero-order valence-corrected chi connectivity index (χ0v) is 8.45. The molecule has 0 unspecified atom stereocenters. The molecule has 13 heavy (non-hydrogen) atoms. The summed E-state index contributed by atoms with van der Waals surface area (Å²) in [7, 11) is 0. The highest BCUT2D eigenvalue weighted by Gasteiger charge is 2.14. The van der Waals surface area contributed by atoms with Gasteiger partial charge in [-0.15, -0.1) is 11.3 Å². The number of hydrogen-bond donors (Lipinski definition) is 1. The largest absolute Gasteiger partial charge is 0.464 e. The van der Waals surface area contributed by atoms with Gasteiger partial charge in [0.2, 0.25) is 0 Å². The topological polar surface area (TPSA) is 42.2 Å². The molecule has 1 N–H and O–H groups in total. The summed E-state index contributed by atoms with van der Waals surface area (Å²) in [5.74, 6) is 0. The Balaban J connectivity index is 2.83. The van der Waals surface area contributed by atoms with Gasteiger partial charge in [0.05, 0.1) is 9.36 Å². The lowest BCUT2D eigenvalue weighted by molar-refractivity contribution is 0.197. The molecule has 68 valence electrons. The Morgan fingerprint density at radius 1 is 1.54 bits per heavy atom. The quantitative estimate of drug-likeness (QED) is 0.760. The van der Waals surface area contributed by atoms with Crippen LogP contribution >= 0.6 is 34.5 Å². The predicted molar refractivity (Wildman–Crippen MR) is 53.3 cm³/mol. The molecule has 0 saturated heterocycles.